The van der Waals surface area contributed by atoms with Gasteiger partial charge >= 0.3 is 0 Å². The van der Waals surface area contributed by atoms with Crippen LogP contribution >= 0.6 is 33.9 Å². The summed E-state index contributed by atoms with van der Waals surface area (Å²) in [5.74, 6) is -0.971. The van der Waals surface area contributed by atoms with Gasteiger partial charge in [0.25, 0.3) is 5.91 Å². The maximum absolute atomic E-state index is 14.1. The zero-order valence-electron chi connectivity index (χ0n) is 13.8. The third-order valence-electron chi connectivity index (χ3n) is 3.57. The van der Waals surface area contributed by atoms with Gasteiger partial charge in [0.05, 0.1) is 12.2 Å². The van der Waals surface area contributed by atoms with Crippen molar-refractivity contribution in [2.24, 2.45) is 0 Å². The first kappa shape index (κ1) is 20.7. The van der Waals surface area contributed by atoms with E-state index in [4.69, 9.17) is 9.94 Å². The van der Waals surface area contributed by atoms with Crippen LogP contribution < -0.4 is 5.48 Å². The lowest BCUT2D eigenvalue weighted by molar-refractivity contribution is -0.0295. The number of nitrogens with one attached hydrogen (secondary N) is 1. The molecule has 1 aromatic carbocycles. The summed E-state index contributed by atoms with van der Waals surface area (Å²) in [7, 11) is 0. The van der Waals surface area contributed by atoms with Crippen LogP contribution in [0.25, 0.3) is 0 Å². The van der Waals surface area contributed by atoms with Crippen LogP contribution in [-0.2, 0) is 11.3 Å². The normalized spacial score (nSPS) is 11.8. The van der Waals surface area contributed by atoms with Crippen LogP contribution in [0.2, 0.25) is 0 Å². The number of carbonyl (C=O) groups is 1. The maximum atomic E-state index is 14.1. The Kier molecular flexibility index (Phi) is 7.48. The minimum absolute atomic E-state index is 0.165. The highest BCUT2D eigenvalue weighted by atomic mass is 127. The Bertz CT molecular complexity index is 850. The third kappa shape index (κ3) is 4.99. The first-order valence-electron chi connectivity index (χ1n) is 7.54. The van der Waals surface area contributed by atoms with Crippen molar-refractivity contribution in [3.8, 4) is 6.07 Å². The van der Waals surface area contributed by atoms with E-state index in [1.807, 2.05) is 28.7 Å². The van der Waals surface area contributed by atoms with E-state index in [9.17, 15) is 19.6 Å². The summed E-state index contributed by atoms with van der Waals surface area (Å²) in [5, 5.41) is 27.2. The van der Waals surface area contributed by atoms with Crippen molar-refractivity contribution in [2.75, 3.05) is 13.2 Å². The molecule has 6 nitrogen and oxygen atoms in total. The second-order valence-electron chi connectivity index (χ2n) is 5.46. The number of hydrogen-bond donors (Lipinski definition) is 3. The van der Waals surface area contributed by atoms with Crippen molar-refractivity contribution in [1.82, 2.24) is 5.48 Å². The van der Waals surface area contributed by atoms with Gasteiger partial charge in [-0.25, -0.2) is 9.87 Å². The molecule has 1 atom stereocenters. The molecule has 26 heavy (non-hydrogen) atoms. The van der Waals surface area contributed by atoms with Crippen molar-refractivity contribution in [1.29, 1.82) is 5.26 Å². The van der Waals surface area contributed by atoms with E-state index in [-0.39, 0.29) is 24.4 Å². The highest BCUT2D eigenvalue weighted by molar-refractivity contribution is 14.1. The molecule has 0 fully saturated rings. The zero-order valence-corrected chi connectivity index (χ0v) is 16.7. The van der Waals surface area contributed by atoms with Crippen LogP contribution in [0.15, 0.2) is 18.2 Å². The summed E-state index contributed by atoms with van der Waals surface area (Å²) in [6, 6.07) is 6.85. The minimum Gasteiger partial charge on any atom is -0.394 e. The smallest absolute Gasteiger partial charge is 0.276 e. The Balaban J connectivity index is 2.26. The SMILES string of the molecule is Cc1c(C#N)sc(Cc2ccc(I)cc2F)c1C(=O)NOC[C@H](O)CO. The summed E-state index contributed by atoms with van der Waals surface area (Å²) in [6.07, 6.45) is -0.952. The number of aliphatic hydroxyl groups excluding tert-OH is 2. The molecule has 0 saturated heterocycles. The van der Waals surface area contributed by atoms with Crippen molar-refractivity contribution in [3.05, 3.63) is 54.0 Å². The Morgan fingerprint density at radius 3 is 2.88 bits per heavy atom. The quantitative estimate of drug-likeness (QED) is 0.409. The molecule has 0 spiro atoms. The van der Waals surface area contributed by atoms with E-state index in [0.717, 1.165) is 14.9 Å². The van der Waals surface area contributed by atoms with Crippen molar-refractivity contribution in [3.63, 3.8) is 0 Å². The molecule has 2 aromatic rings. The lowest BCUT2D eigenvalue weighted by atomic mass is 10.0. The fourth-order valence-electron chi connectivity index (χ4n) is 2.25. The lowest BCUT2D eigenvalue weighted by Crippen LogP contribution is -2.30. The number of carbonyl (C=O) groups excluding carboxylic acids is 1. The van der Waals surface area contributed by atoms with Gasteiger partial charge in [-0.2, -0.15) is 5.26 Å². The Morgan fingerprint density at radius 2 is 2.27 bits per heavy atom. The number of nitrogens with zero attached hydrogens (tertiary/aromatic N) is 1. The van der Waals surface area contributed by atoms with Crippen LogP contribution in [-0.4, -0.2) is 35.4 Å². The van der Waals surface area contributed by atoms with Gasteiger partial charge in [0.15, 0.2) is 0 Å². The average molecular weight is 490 g/mol. The van der Waals surface area contributed by atoms with E-state index in [2.05, 4.69) is 5.48 Å². The highest BCUT2D eigenvalue weighted by Gasteiger charge is 2.22. The van der Waals surface area contributed by atoms with E-state index >= 15 is 0 Å². The molecule has 2 rings (SSSR count). The molecule has 9 heteroatoms. The van der Waals surface area contributed by atoms with Crippen LogP contribution in [0, 0.1) is 27.6 Å². The summed E-state index contributed by atoms with van der Waals surface area (Å²) in [6.45, 7) is 0.862. The first-order valence-corrected chi connectivity index (χ1v) is 9.44. The highest BCUT2D eigenvalue weighted by Crippen LogP contribution is 2.30. The van der Waals surface area contributed by atoms with Crippen LogP contribution in [0.5, 0.6) is 0 Å². The lowest BCUT2D eigenvalue weighted by Gasteiger charge is -2.10. The number of hydrogen-bond acceptors (Lipinski definition) is 6. The number of amides is 1. The van der Waals surface area contributed by atoms with Gasteiger partial charge in [0, 0.05) is 14.9 Å². The number of thiophene rings is 1. The largest absolute Gasteiger partial charge is 0.394 e. The Morgan fingerprint density at radius 1 is 1.54 bits per heavy atom. The number of nitriles is 1. The molecule has 3 N–H and O–H groups in total. The molecule has 0 saturated carbocycles. The first-order chi connectivity index (χ1) is 12.4. The van der Waals surface area contributed by atoms with Crippen LogP contribution in [0.1, 0.15) is 31.2 Å². The minimum atomic E-state index is -1.12. The maximum Gasteiger partial charge on any atom is 0.276 e. The van der Waals surface area contributed by atoms with Crippen molar-refractivity contribution >= 4 is 39.8 Å². The van der Waals surface area contributed by atoms with Crippen molar-refractivity contribution < 1.29 is 24.2 Å². The van der Waals surface area contributed by atoms with E-state index in [1.54, 1.807) is 19.1 Å². The number of aliphatic hydroxyl groups is 2. The van der Waals surface area contributed by atoms with Gasteiger partial charge in [-0.3, -0.25) is 9.63 Å². The average Bonchev–Trinajstić information content (AvgIpc) is 2.92. The van der Waals surface area contributed by atoms with Gasteiger partial charge in [-0.05, 0) is 52.8 Å². The van der Waals surface area contributed by atoms with Gasteiger partial charge in [-0.1, -0.05) is 6.07 Å². The standard InChI is InChI=1S/C17H16FIN2O4S/c1-9-15(6-20)26-14(4-10-2-3-11(19)5-13(10)18)16(9)17(24)21-25-8-12(23)7-22/h2-3,5,12,22-23H,4,7-8H2,1H3,(H,21,24)/t12-/m1/s1. The summed E-state index contributed by atoms with van der Waals surface area (Å²) < 4.78 is 14.9. The molecular weight excluding hydrogens is 474 g/mol. The van der Waals surface area contributed by atoms with Gasteiger partial charge in [-0.15, -0.1) is 11.3 Å². The molecule has 1 amide bonds. The van der Waals surface area contributed by atoms with Crippen LogP contribution in [0.3, 0.4) is 0 Å². The predicted molar refractivity (Wildman–Crippen MR) is 102 cm³/mol. The summed E-state index contributed by atoms with van der Waals surface area (Å²) >= 11 is 3.14. The number of hydroxylamine groups is 1. The third-order valence-corrected chi connectivity index (χ3v) is 5.43. The second kappa shape index (κ2) is 9.38. The molecule has 0 bridgehead atoms. The zero-order chi connectivity index (χ0) is 19.3. The molecule has 0 aliphatic heterocycles. The Hall–Kier alpha value is -1.58. The molecule has 1 heterocycles. The topological polar surface area (TPSA) is 103 Å². The van der Waals surface area contributed by atoms with Gasteiger partial charge in [0.1, 0.15) is 29.5 Å². The monoisotopic (exact) mass is 490 g/mol. The van der Waals surface area contributed by atoms with Crippen LogP contribution in [0.4, 0.5) is 4.39 Å². The molecule has 0 aliphatic carbocycles. The number of halogens is 2. The molecule has 0 radical (unpaired) electrons. The van der Waals surface area contributed by atoms with Gasteiger partial charge < -0.3 is 10.2 Å². The summed E-state index contributed by atoms with van der Waals surface area (Å²) in [5.41, 5.74) is 3.34. The van der Waals surface area contributed by atoms with E-state index < -0.39 is 18.6 Å². The Labute approximate surface area is 167 Å². The number of benzene rings is 1. The summed E-state index contributed by atoms with van der Waals surface area (Å²) in [4.78, 5) is 18.2. The molecule has 0 unspecified atom stereocenters. The fraction of sp³-hybridized carbons (Fsp3) is 0.294. The molecular formula is C17H16FIN2O4S. The second-order valence-corrected chi connectivity index (χ2v) is 7.81. The van der Waals surface area contributed by atoms with E-state index in [0.29, 0.717) is 20.9 Å². The molecule has 1 aromatic heterocycles. The number of rotatable bonds is 7. The molecule has 138 valence electrons. The van der Waals surface area contributed by atoms with Gasteiger partial charge in [0.2, 0.25) is 0 Å². The molecule has 0 aliphatic rings. The van der Waals surface area contributed by atoms with E-state index in [1.165, 1.54) is 6.07 Å². The fourth-order valence-corrected chi connectivity index (χ4v) is 3.82. The predicted octanol–water partition coefficient (Wildman–Crippen LogP) is 2.28. The van der Waals surface area contributed by atoms with Crippen molar-refractivity contribution in [2.45, 2.75) is 19.4 Å².